The molecule has 0 saturated heterocycles. The molecule has 74 valence electrons. The van der Waals surface area contributed by atoms with Gasteiger partial charge in [-0.05, 0) is 11.1 Å². The molecule has 0 radical (unpaired) electrons. The van der Waals surface area contributed by atoms with Gasteiger partial charge in [-0.15, -0.1) is 0 Å². The number of aryl methyl sites for hydroxylation is 1. The smallest absolute Gasteiger partial charge is 0.0934 e. The van der Waals surface area contributed by atoms with E-state index in [1.165, 1.54) is 0 Å². The predicted molar refractivity (Wildman–Crippen MR) is 53.4 cm³/mol. The maximum atomic E-state index is 11.9. The Morgan fingerprint density at radius 3 is 2.15 bits per heavy atom. The third kappa shape index (κ3) is 4.04. The van der Waals surface area contributed by atoms with E-state index in [-0.39, 0.29) is 13.3 Å². The molecule has 1 aromatic carbocycles. The molecule has 1 rings (SSSR count). The molecule has 0 aliphatic rings. The second-order valence-electron chi connectivity index (χ2n) is 2.37. The first-order chi connectivity index (χ1) is 6.38. The van der Waals surface area contributed by atoms with Gasteiger partial charge in [-0.25, -0.2) is 0 Å². The molecular weight excluding hydrogens is 167 g/mol. The SMILES string of the molecule is CC.OCc1ccccc1CCF. The highest BCUT2D eigenvalue weighted by Crippen LogP contribution is 2.08. The van der Waals surface area contributed by atoms with Gasteiger partial charge < -0.3 is 5.11 Å². The van der Waals surface area contributed by atoms with Crippen molar-refractivity contribution in [3.05, 3.63) is 35.4 Å². The van der Waals surface area contributed by atoms with Gasteiger partial charge in [0.1, 0.15) is 0 Å². The molecule has 2 heteroatoms. The fourth-order valence-corrected chi connectivity index (χ4v) is 1.06. The van der Waals surface area contributed by atoms with Crippen molar-refractivity contribution in [1.29, 1.82) is 0 Å². The lowest BCUT2D eigenvalue weighted by molar-refractivity contribution is 0.280. The summed E-state index contributed by atoms with van der Waals surface area (Å²) in [6, 6.07) is 7.34. The van der Waals surface area contributed by atoms with Crippen LogP contribution < -0.4 is 0 Å². The number of aliphatic hydroxyl groups excluding tert-OH is 1. The summed E-state index contributed by atoms with van der Waals surface area (Å²) in [5.74, 6) is 0. The molecule has 0 fully saturated rings. The first-order valence-corrected chi connectivity index (χ1v) is 4.62. The van der Waals surface area contributed by atoms with Crippen molar-refractivity contribution in [2.24, 2.45) is 0 Å². The summed E-state index contributed by atoms with van der Waals surface area (Å²) >= 11 is 0. The average Bonchev–Trinajstić information content (AvgIpc) is 2.22. The number of aliphatic hydroxyl groups is 1. The molecule has 0 amide bonds. The maximum Gasteiger partial charge on any atom is 0.0934 e. The summed E-state index contributed by atoms with van der Waals surface area (Å²) in [5.41, 5.74) is 1.72. The Kier molecular flexibility index (Phi) is 7.21. The number of hydrogen-bond donors (Lipinski definition) is 1. The molecule has 0 aliphatic carbocycles. The summed E-state index contributed by atoms with van der Waals surface area (Å²) < 4.78 is 11.9. The molecule has 0 aromatic heterocycles. The highest BCUT2D eigenvalue weighted by atomic mass is 19.1. The molecule has 0 spiro atoms. The second-order valence-corrected chi connectivity index (χ2v) is 2.37. The lowest BCUT2D eigenvalue weighted by Gasteiger charge is -2.02. The largest absolute Gasteiger partial charge is 0.392 e. The third-order valence-electron chi connectivity index (χ3n) is 1.65. The van der Waals surface area contributed by atoms with E-state index in [4.69, 9.17) is 5.11 Å². The van der Waals surface area contributed by atoms with E-state index in [1.807, 2.05) is 38.1 Å². The number of rotatable bonds is 3. The lowest BCUT2D eigenvalue weighted by atomic mass is 10.1. The summed E-state index contributed by atoms with van der Waals surface area (Å²) in [6.45, 7) is 3.63. The van der Waals surface area contributed by atoms with Crippen LogP contribution in [-0.2, 0) is 13.0 Å². The monoisotopic (exact) mass is 184 g/mol. The molecule has 0 bridgehead atoms. The number of benzene rings is 1. The van der Waals surface area contributed by atoms with Gasteiger partial charge in [-0.1, -0.05) is 38.1 Å². The zero-order valence-electron chi connectivity index (χ0n) is 8.26. The molecule has 0 aliphatic heterocycles. The van der Waals surface area contributed by atoms with Gasteiger partial charge in [0, 0.05) is 6.42 Å². The minimum atomic E-state index is -0.364. The van der Waals surface area contributed by atoms with Gasteiger partial charge in [0.15, 0.2) is 0 Å². The van der Waals surface area contributed by atoms with Crippen molar-refractivity contribution in [2.45, 2.75) is 26.9 Å². The van der Waals surface area contributed by atoms with Gasteiger partial charge in [-0.2, -0.15) is 0 Å². The minimum Gasteiger partial charge on any atom is -0.392 e. The highest BCUT2D eigenvalue weighted by molar-refractivity contribution is 5.26. The molecular formula is C11H17FO. The Morgan fingerprint density at radius 2 is 1.69 bits per heavy atom. The van der Waals surface area contributed by atoms with Crippen molar-refractivity contribution >= 4 is 0 Å². The summed E-state index contributed by atoms with van der Waals surface area (Å²) in [7, 11) is 0. The maximum absolute atomic E-state index is 11.9. The molecule has 0 atom stereocenters. The molecule has 0 heterocycles. The van der Waals surface area contributed by atoms with Crippen molar-refractivity contribution in [1.82, 2.24) is 0 Å². The van der Waals surface area contributed by atoms with Crippen LogP contribution in [0.4, 0.5) is 4.39 Å². The fourth-order valence-electron chi connectivity index (χ4n) is 1.06. The van der Waals surface area contributed by atoms with Gasteiger partial charge >= 0.3 is 0 Å². The first-order valence-electron chi connectivity index (χ1n) is 4.62. The van der Waals surface area contributed by atoms with E-state index in [0.717, 1.165) is 11.1 Å². The van der Waals surface area contributed by atoms with Crippen LogP contribution in [0.15, 0.2) is 24.3 Å². The lowest BCUT2D eigenvalue weighted by Crippen LogP contribution is -1.94. The van der Waals surface area contributed by atoms with Gasteiger partial charge in [0.2, 0.25) is 0 Å². The van der Waals surface area contributed by atoms with Crippen LogP contribution in [0, 0.1) is 0 Å². The normalized spacial score (nSPS) is 8.92. The standard InChI is InChI=1S/C9H11FO.C2H6/c10-6-5-8-3-1-2-4-9(8)7-11;1-2/h1-4,11H,5-7H2;1-2H3. The van der Waals surface area contributed by atoms with E-state index in [1.54, 1.807) is 0 Å². The first kappa shape index (κ1) is 12.1. The van der Waals surface area contributed by atoms with Crippen molar-refractivity contribution < 1.29 is 9.50 Å². The quantitative estimate of drug-likeness (QED) is 0.765. The van der Waals surface area contributed by atoms with E-state index in [9.17, 15) is 4.39 Å². The van der Waals surface area contributed by atoms with Gasteiger partial charge in [0.05, 0.1) is 13.3 Å². The number of hydrogen-bond acceptors (Lipinski definition) is 1. The highest BCUT2D eigenvalue weighted by Gasteiger charge is 1.98. The molecule has 0 saturated carbocycles. The topological polar surface area (TPSA) is 20.2 Å². The van der Waals surface area contributed by atoms with Crippen molar-refractivity contribution in [2.75, 3.05) is 6.67 Å². The van der Waals surface area contributed by atoms with Crippen LogP contribution in [0.3, 0.4) is 0 Å². The van der Waals surface area contributed by atoms with Crippen molar-refractivity contribution in [3.8, 4) is 0 Å². The molecule has 0 unspecified atom stereocenters. The zero-order valence-corrected chi connectivity index (χ0v) is 8.26. The van der Waals surface area contributed by atoms with Crippen LogP contribution in [-0.4, -0.2) is 11.8 Å². The van der Waals surface area contributed by atoms with E-state index >= 15 is 0 Å². The van der Waals surface area contributed by atoms with E-state index in [2.05, 4.69) is 0 Å². The molecule has 1 N–H and O–H groups in total. The average molecular weight is 184 g/mol. The Bertz CT molecular complexity index is 223. The van der Waals surface area contributed by atoms with E-state index < -0.39 is 0 Å². The molecule has 13 heavy (non-hydrogen) atoms. The molecule has 1 nitrogen and oxygen atoms in total. The second kappa shape index (κ2) is 7.74. The van der Waals surface area contributed by atoms with Gasteiger partial charge in [-0.3, -0.25) is 4.39 Å². The van der Waals surface area contributed by atoms with Crippen LogP contribution in [0.25, 0.3) is 0 Å². The molecule has 1 aromatic rings. The number of alkyl halides is 1. The van der Waals surface area contributed by atoms with E-state index in [0.29, 0.717) is 6.42 Å². The minimum absolute atomic E-state index is 0.00380. The zero-order chi connectivity index (χ0) is 10.1. The summed E-state index contributed by atoms with van der Waals surface area (Å²) in [4.78, 5) is 0. The predicted octanol–water partition coefficient (Wildman–Crippen LogP) is 2.72. The van der Waals surface area contributed by atoms with Crippen LogP contribution in [0.2, 0.25) is 0 Å². The third-order valence-corrected chi connectivity index (χ3v) is 1.65. The van der Waals surface area contributed by atoms with Crippen LogP contribution >= 0.6 is 0 Å². The Hall–Kier alpha value is -0.890. The summed E-state index contributed by atoms with van der Waals surface area (Å²) in [6.07, 6.45) is 0.400. The Balaban J connectivity index is 0.000000671. The fraction of sp³-hybridized carbons (Fsp3) is 0.455. The van der Waals surface area contributed by atoms with Gasteiger partial charge in [0.25, 0.3) is 0 Å². The number of halogens is 1. The Morgan fingerprint density at radius 1 is 1.15 bits per heavy atom. The summed E-state index contributed by atoms with van der Waals surface area (Å²) in [5, 5.41) is 8.82. The Labute approximate surface area is 79.2 Å². The van der Waals surface area contributed by atoms with Crippen LogP contribution in [0.5, 0.6) is 0 Å². The van der Waals surface area contributed by atoms with Crippen molar-refractivity contribution in [3.63, 3.8) is 0 Å². The van der Waals surface area contributed by atoms with Crippen LogP contribution in [0.1, 0.15) is 25.0 Å².